The van der Waals surface area contributed by atoms with Crippen molar-refractivity contribution in [2.45, 2.75) is 43.6 Å². The summed E-state index contributed by atoms with van der Waals surface area (Å²) >= 11 is 0. The maximum atomic E-state index is 12.4. The first kappa shape index (κ1) is 13.8. The van der Waals surface area contributed by atoms with Gasteiger partial charge in [-0.25, -0.2) is 8.42 Å². The van der Waals surface area contributed by atoms with Gasteiger partial charge in [-0.2, -0.15) is 4.31 Å². The van der Waals surface area contributed by atoms with Gasteiger partial charge >= 0.3 is 0 Å². The average Bonchev–Trinajstić information content (AvgIpc) is 3.09. The molecule has 1 saturated carbocycles. The molecular formula is C14H19NO4S. The van der Waals surface area contributed by atoms with Gasteiger partial charge in [0.05, 0.1) is 0 Å². The van der Waals surface area contributed by atoms with Crippen molar-refractivity contribution in [1.82, 2.24) is 4.31 Å². The van der Waals surface area contributed by atoms with Crippen LogP contribution in [0.4, 0.5) is 0 Å². The van der Waals surface area contributed by atoms with E-state index in [0.29, 0.717) is 24.8 Å². The van der Waals surface area contributed by atoms with Crippen molar-refractivity contribution in [3.63, 3.8) is 0 Å². The van der Waals surface area contributed by atoms with Crippen LogP contribution in [0.1, 0.15) is 49.1 Å². The highest BCUT2D eigenvalue weighted by atomic mass is 32.2. The van der Waals surface area contributed by atoms with E-state index in [9.17, 15) is 13.2 Å². The van der Waals surface area contributed by atoms with E-state index in [-0.39, 0.29) is 10.9 Å². The van der Waals surface area contributed by atoms with Gasteiger partial charge in [-0.3, -0.25) is 4.79 Å². The van der Waals surface area contributed by atoms with Crippen molar-refractivity contribution < 1.29 is 17.6 Å². The van der Waals surface area contributed by atoms with E-state index in [2.05, 4.69) is 0 Å². The first-order valence-corrected chi connectivity index (χ1v) is 8.55. The molecule has 2 aliphatic rings. The molecule has 0 radical (unpaired) electrons. The zero-order valence-electron chi connectivity index (χ0n) is 11.4. The quantitative estimate of drug-likeness (QED) is 0.804. The Hall–Kier alpha value is -1.14. The third kappa shape index (κ3) is 2.31. The van der Waals surface area contributed by atoms with Crippen LogP contribution in [0.3, 0.4) is 0 Å². The molecule has 0 N–H and O–H groups in total. The van der Waals surface area contributed by atoms with Gasteiger partial charge in [-0.1, -0.05) is 12.8 Å². The van der Waals surface area contributed by atoms with Crippen molar-refractivity contribution in [3.8, 4) is 0 Å². The van der Waals surface area contributed by atoms with Gasteiger partial charge in [0.15, 0.2) is 12.0 Å². The number of furan rings is 1. The molecule has 3 rings (SSSR count). The van der Waals surface area contributed by atoms with Crippen LogP contribution in [0.5, 0.6) is 0 Å². The number of piperidine rings is 1. The normalized spacial score (nSPS) is 23.2. The largest absolute Gasteiger partial charge is 0.440 e. The molecule has 5 nitrogen and oxygen atoms in total. The monoisotopic (exact) mass is 297 g/mol. The second-order valence-corrected chi connectivity index (χ2v) is 7.75. The molecule has 1 aliphatic carbocycles. The lowest BCUT2D eigenvalue weighted by Crippen LogP contribution is -2.42. The van der Waals surface area contributed by atoms with E-state index < -0.39 is 10.0 Å². The van der Waals surface area contributed by atoms with Gasteiger partial charge in [0.25, 0.3) is 10.0 Å². The molecule has 1 aromatic heterocycles. The number of sulfonamides is 1. The molecule has 0 aromatic carbocycles. The Morgan fingerprint density at radius 1 is 1.10 bits per heavy atom. The van der Waals surface area contributed by atoms with E-state index in [1.54, 1.807) is 0 Å². The molecule has 6 heteroatoms. The van der Waals surface area contributed by atoms with Crippen LogP contribution < -0.4 is 0 Å². The zero-order chi connectivity index (χ0) is 14.2. The molecule has 1 spiro atoms. The third-order valence-electron chi connectivity index (χ3n) is 4.76. The molecule has 0 amide bonds. The molecule has 2 fully saturated rings. The molecule has 1 aliphatic heterocycles. The predicted molar refractivity (Wildman–Crippen MR) is 73.0 cm³/mol. The second-order valence-electron chi connectivity index (χ2n) is 5.89. The highest BCUT2D eigenvalue weighted by Gasteiger charge is 2.40. The summed E-state index contributed by atoms with van der Waals surface area (Å²) in [6, 6.07) is 2.75. The van der Waals surface area contributed by atoms with Crippen molar-refractivity contribution in [3.05, 3.63) is 17.9 Å². The number of carbonyl (C=O) groups is 1. The van der Waals surface area contributed by atoms with Crippen LogP contribution in [0.15, 0.2) is 21.6 Å². The number of aldehydes is 1. The first-order chi connectivity index (χ1) is 9.56. The number of carbonyl (C=O) groups excluding carboxylic acids is 1. The fourth-order valence-electron chi connectivity index (χ4n) is 3.49. The first-order valence-electron chi connectivity index (χ1n) is 7.11. The summed E-state index contributed by atoms with van der Waals surface area (Å²) in [5, 5.41) is -0.123. The summed E-state index contributed by atoms with van der Waals surface area (Å²) in [5.74, 6) is 0.0489. The molecule has 0 bridgehead atoms. The zero-order valence-corrected chi connectivity index (χ0v) is 12.2. The molecule has 110 valence electrons. The minimum Gasteiger partial charge on any atom is -0.440 e. The van der Waals surface area contributed by atoms with Crippen molar-refractivity contribution in [1.29, 1.82) is 0 Å². The smallest absolute Gasteiger partial charge is 0.276 e. The number of rotatable bonds is 3. The molecule has 20 heavy (non-hydrogen) atoms. The third-order valence-corrected chi connectivity index (χ3v) is 6.53. The molecule has 1 saturated heterocycles. The molecule has 1 aromatic rings. The molecule has 0 atom stereocenters. The summed E-state index contributed by atoms with van der Waals surface area (Å²) in [5.41, 5.74) is 0.378. The minimum atomic E-state index is -3.59. The van der Waals surface area contributed by atoms with Crippen LogP contribution in [0.25, 0.3) is 0 Å². The fourth-order valence-corrected chi connectivity index (χ4v) is 4.85. The SMILES string of the molecule is O=Cc1ccc(S(=O)(=O)N2CCC3(CCCC3)CC2)o1. The highest BCUT2D eigenvalue weighted by Crippen LogP contribution is 2.46. The number of nitrogens with zero attached hydrogens (tertiary/aromatic N) is 1. The van der Waals surface area contributed by atoms with Gasteiger partial charge in [0, 0.05) is 13.1 Å². The van der Waals surface area contributed by atoms with E-state index in [4.69, 9.17) is 4.42 Å². The van der Waals surface area contributed by atoms with Crippen LogP contribution in [-0.4, -0.2) is 32.1 Å². The van der Waals surface area contributed by atoms with Gasteiger partial charge in [-0.15, -0.1) is 0 Å². The van der Waals surface area contributed by atoms with Crippen LogP contribution >= 0.6 is 0 Å². The van der Waals surface area contributed by atoms with E-state index >= 15 is 0 Å². The van der Waals surface area contributed by atoms with E-state index in [1.807, 2.05) is 0 Å². The lowest BCUT2D eigenvalue weighted by Gasteiger charge is -2.38. The van der Waals surface area contributed by atoms with Crippen LogP contribution in [-0.2, 0) is 10.0 Å². The fraction of sp³-hybridized carbons (Fsp3) is 0.643. The Bertz CT molecular complexity index is 588. The Morgan fingerprint density at radius 3 is 2.30 bits per heavy atom. The maximum Gasteiger partial charge on any atom is 0.276 e. The van der Waals surface area contributed by atoms with Gasteiger partial charge < -0.3 is 4.42 Å². The summed E-state index contributed by atoms with van der Waals surface area (Å²) in [6.07, 6.45) is 7.40. The lowest BCUT2D eigenvalue weighted by atomic mass is 9.78. The Morgan fingerprint density at radius 2 is 1.75 bits per heavy atom. The van der Waals surface area contributed by atoms with Gasteiger partial charge in [0.2, 0.25) is 5.09 Å². The van der Waals surface area contributed by atoms with Gasteiger partial charge in [0.1, 0.15) is 0 Å². The topological polar surface area (TPSA) is 67.6 Å². The molecule has 2 heterocycles. The number of hydrogen-bond donors (Lipinski definition) is 0. The Kier molecular flexibility index (Phi) is 3.46. The summed E-state index contributed by atoms with van der Waals surface area (Å²) in [6.45, 7) is 1.11. The Labute approximate surface area is 119 Å². The van der Waals surface area contributed by atoms with Crippen molar-refractivity contribution in [2.75, 3.05) is 13.1 Å². The standard InChI is InChI=1S/C14H19NO4S/c16-11-12-3-4-13(19-12)20(17,18)15-9-7-14(8-10-15)5-1-2-6-14/h3-4,11H,1-2,5-10H2. The minimum absolute atomic E-state index is 0.0489. The highest BCUT2D eigenvalue weighted by molar-refractivity contribution is 7.89. The number of hydrogen-bond acceptors (Lipinski definition) is 4. The van der Waals surface area contributed by atoms with Crippen LogP contribution in [0, 0.1) is 5.41 Å². The lowest BCUT2D eigenvalue weighted by molar-refractivity contribution is 0.109. The summed E-state index contributed by atoms with van der Waals surface area (Å²) in [4.78, 5) is 10.6. The second kappa shape index (κ2) is 5.00. The Balaban J connectivity index is 1.74. The van der Waals surface area contributed by atoms with Gasteiger partial charge in [-0.05, 0) is 43.2 Å². The van der Waals surface area contributed by atoms with Crippen molar-refractivity contribution in [2.24, 2.45) is 5.41 Å². The summed E-state index contributed by atoms with van der Waals surface area (Å²) < 4.78 is 31.4. The van der Waals surface area contributed by atoms with E-state index in [0.717, 1.165) is 12.8 Å². The van der Waals surface area contributed by atoms with E-state index in [1.165, 1.54) is 42.1 Å². The average molecular weight is 297 g/mol. The molecular weight excluding hydrogens is 278 g/mol. The summed E-state index contributed by atoms with van der Waals surface area (Å²) in [7, 11) is -3.59. The predicted octanol–water partition coefficient (Wildman–Crippen LogP) is 2.44. The maximum absolute atomic E-state index is 12.4. The van der Waals surface area contributed by atoms with Crippen molar-refractivity contribution >= 4 is 16.3 Å². The van der Waals surface area contributed by atoms with Crippen LogP contribution in [0.2, 0.25) is 0 Å². The molecule has 0 unspecified atom stereocenters.